The highest BCUT2D eigenvalue weighted by Gasteiger charge is 2.10. The minimum absolute atomic E-state index is 0.122. The molecule has 6 nitrogen and oxygen atoms in total. The van der Waals surface area contributed by atoms with Crippen molar-refractivity contribution in [3.05, 3.63) is 65.3 Å². The van der Waals surface area contributed by atoms with Crippen molar-refractivity contribution in [2.75, 3.05) is 0 Å². The number of hydrogen-bond acceptors (Lipinski definition) is 4. The Bertz CT molecular complexity index is 864. The minimum atomic E-state index is -0.444. The number of carbonyl (C=O) groups excluding carboxylic acids is 1. The quantitative estimate of drug-likeness (QED) is 0.802. The number of amides is 1. The Hall–Kier alpha value is -3.15. The monoisotopic (exact) mass is 309 g/mol. The molecule has 0 aliphatic rings. The van der Waals surface area contributed by atoms with E-state index in [-0.39, 0.29) is 12.6 Å². The highest BCUT2D eigenvalue weighted by atomic mass is 16.5. The lowest BCUT2D eigenvalue weighted by Crippen LogP contribution is -2.22. The number of aromatic nitrogens is 2. The standard InChI is InChI=1S/C17H15N3O3/c1-12(21)19-11-20-10-15(17(22)23-20)13-5-7-14(8-6-13)16-4-2-3-9-18-16/h2-10H,11H2,1H3,(H,19,21). The first-order valence-corrected chi connectivity index (χ1v) is 7.10. The average Bonchev–Trinajstić information content (AvgIpc) is 2.95. The van der Waals surface area contributed by atoms with Crippen LogP contribution in [-0.2, 0) is 11.5 Å². The second kappa shape index (κ2) is 6.31. The van der Waals surface area contributed by atoms with Crippen LogP contribution in [0.25, 0.3) is 22.4 Å². The molecule has 0 spiro atoms. The largest absolute Gasteiger partial charge is 0.365 e. The van der Waals surface area contributed by atoms with Crippen molar-refractivity contribution in [1.29, 1.82) is 0 Å². The van der Waals surface area contributed by atoms with E-state index in [0.717, 1.165) is 16.8 Å². The molecule has 23 heavy (non-hydrogen) atoms. The molecule has 1 amide bonds. The van der Waals surface area contributed by atoms with Crippen LogP contribution in [0, 0.1) is 0 Å². The molecule has 2 heterocycles. The van der Waals surface area contributed by atoms with Crippen molar-refractivity contribution in [1.82, 2.24) is 15.0 Å². The second-order valence-corrected chi connectivity index (χ2v) is 5.02. The van der Waals surface area contributed by atoms with E-state index in [4.69, 9.17) is 4.52 Å². The summed E-state index contributed by atoms with van der Waals surface area (Å²) in [4.78, 5) is 27.1. The topological polar surface area (TPSA) is 77.1 Å². The van der Waals surface area contributed by atoms with Gasteiger partial charge in [-0.3, -0.25) is 9.78 Å². The molecule has 3 rings (SSSR count). The van der Waals surface area contributed by atoms with Crippen LogP contribution in [-0.4, -0.2) is 15.6 Å². The van der Waals surface area contributed by atoms with Crippen molar-refractivity contribution in [2.24, 2.45) is 0 Å². The van der Waals surface area contributed by atoms with Crippen LogP contribution in [0.2, 0.25) is 0 Å². The van der Waals surface area contributed by atoms with Crippen LogP contribution in [0.5, 0.6) is 0 Å². The summed E-state index contributed by atoms with van der Waals surface area (Å²) in [6.45, 7) is 1.52. The van der Waals surface area contributed by atoms with Gasteiger partial charge in [0.15, 0.2) is 0 Å². The van der Waals surface area contributed by atoms with Gasteiger partial charge >= 0.3 is 5.63 Å². The Morgan fingerprint density at radius 3 is 2.57 bits per heavy atom. The number of carbonyl (C=O) groups is 1. The lowest BCUT2D eigenvalue weighted by Gasteiger charge is -2.02. The van der Waals surface area contributed by atoms with Gasteiger partial charge in [-0.2, -0.15) is 4.74 Å². The zero-order chi connectivity index (χ0) is 16.2. The Morgan fingerprint density at radius 1 is 1.17 bits per heavy atom. The molecule has 0 saturated heterocycles. The zero-order valence-corrected chi connectivity index (χ0v) is 12.5. The Kier molecular flexibility index (Phi) is 4.05. The number of rotatable bonds is 4. The van der Waals surface area contributed by atoms with Gasteiger partial charge in [0.1, 0.15) is 6.67 Å². The molecule has 3 aromatic rings. The average molecular weight is 309 g/mol. The van der Waals surface area contributed by atoms with Crippen LogP contribution in [0.4, 0.5) is 0 Å². The van der Waals surface area contributed by atoms with Crippen LogP contribution in [0.15, 0.2) is 64.2 Å². The molecular formula is C17H15N3O3. The second-order valence-electron chi connectivity index (χ2n) is 5.02. The molecule has 0 unspecified atom stereocenters. The fourth-order valence-corrected chi connectivity index (χ4v) is 2.19. The maximum absolute atomic E-state index is 11.9. The summed E-state index contributed by atoms with van der Waals surface area (Å²) in [7, 11) is 0. The minimum Gasteiger partial charge on any atom is -0.336 e. The normalized spacial score (nSPS) is 10.5. The molecule has 0 fully saturated rings. The van der Waals surface area contributed by atoms with Crippen LogP contribution < -0.4 is 10.9 Å². The maximum Gasteiger partial charge on any atom is 0.365 e. The van der Waals surface area contributed by atoms with Gasteiger partial charge in [0.25, 0.3) is 0 Å². The Labute approximate surface area is 132 Å². The maximum atomic E-state index is 11.9. The molecule has 6 heteroatoms. The van der Waals surface area contributed by atoms with Gasteiger partial charge in [-0.1, -0.05) is 30.3 Å². The molecule has 1 N–H and O–H groups in total. The zero-order valence-electron chi connectivity index (χ0n) is 12.5. The molecular weight excluding hydrogens is 294 g/mol. The van der Waals surface area contributed by atoms with Gasteiger partial charge in [0, 0.05) is 18.7 Å². The molecule has 0 aliphatic carbocycles. The lowest BCUT2D eigenvalue weighted by molar-refractivity contribution is -0.119. The van der Waals surface area contributed by atoms with Gasteiger partial charge in [0.2, 0.25) is 5.91 Å². The molecule has 0 radical (unpaired) electrons. The molecule has 116 valence electrons. The SMILES string of the molecule is CC(=O)NCn1cc(-c2ccc(-c3ccccn3)cc2)c(=O)o1. The van der Waals surface area contributed by atoms with Gasteiger partial charge in [-0.05, 0) is 17.7 Å². The van der Waals surface area contributed by atoms with Crippen LogP contribution >= 0.6 is 0 Å². The van der Waals surface area contributed by atoms with E-state index in [9.17, 15) is 9.59 Å². The summed E-state index contributed by atoms with van der Waals surface area (Å²) >= 11 is 0. The third-order valence-corrected chi connectivity index (χ3v) is 3.33. The smallest absolute Gasteiger partial charge is 0.336 e. The van der Waals surface area contributed by atoms with Gasteiger partial charge in [-0.15, -0.1) is 0 Å². The van der Waals surface area contributed by atoms with Gasteiger partial charge < -0.3 is 9.84 Å². The Balaban J connectivity index is 1.85. The molecule has 0 saturated carbocycles. The highest BCUT2D eigenvalue weighted by Crippen LogP contribution is 2.21. The van der Waals surface area contributed by atoms with E-state index in [1.54, 1.807) is 12.4 Å². The third kappa shape index (κ3) is 3.37. The number of nitrogens with zero attached hydrogens (tertiary/aromatic N) is 2. The third-order valence-electron chi connectivity index (χ3n) is 3.33. The number of benzene rings is 1. The van der Waals surface area contributed by atoms with Crippen LogP contribution in [0.3, 0.4) is 0 Å². The van der Waals surface area contributed by atoms with Crippen LogP contribution in [0.1, 0.15) is 6.92 Å². The lowest BCUT2D eigenvalue weighted by atomic mass is 10.1. The predicted molar refractivity (Wildman–Crippen MR) is 85.5 cm³/mol. The molecule has 0 aliphatic heterocycles. The van der Waals surface area contributed by atoms with Crippen molar-refractivity contribution in [3.8, 4) is 22.4 Å². The van der Waals surface area contributed by atoms with E-state index in [1.807, 2.05) is 42.5 Å². The summed E-state index contributed by atoms with van der Waals surface area (Å²) < 4.78 is 6.37. The highest BCUT2D eigenvalue weighted by molar-refractivity contribution is 5.72. The van der Waals surface area contributed by atoms with E-state index in [0.29, 0.717) is 5.56 Å². The van der Waals surface area contributed by atoms with Crippen molar-refractivity contribution >= 4 is 5.91 Å². The van der Waals surface area contributed by atoms with E-state index < -0.39 is 5.63 Å². The summed E-state index contributed by atoms with van der Waals surface area (Å²) in [5.41, 5.74) is 2.59. The van der Waals surface area contributed by atoms with E-state index >= 15 is 0 Å². The van der Waals surface area contributed by atoms with E-state index in [1.165, 1.54) is 11.7 Å². The van der Waals surface area contributed by atoms with Gasteiger partial charge in [-0.25, -0.2) is 4.79 Å². The predicted octanol–water partition coefficient (Wildman–Crippen LogP) is 2.26. The molecule has 0 bridgehead atoms. The van der Waals surface area contributed by atoms with E-state index in [2.05, 4.69) is 10.3 Å². The number of pyridine rings is 1. The summed E-state index contributed by atoms with van der Waals surface area (Å²) in [5.74, 6) is -0.192. The first kappa shape index (κ1) is 14.8. The van der Waals surface area contributed by atoms with Crippen molar-refractivity contribution in [2.45, 2.75) is 13.6 Å². The Morgan fingerprint density at radius 2 is 1.91 bits per heavy atom. The molecule has 1 aromatic carbocycles. The summed E-state index contributed by atoms with van der Waals surface area (Å²) in [6, 6.07) is 13.2. The molecule has 2 aromatic heterocycles. The summed E-state index contributed by atoms with van der Waals surface area (Å²) in [5, 5.41) is 2.57. The fourth-order valence-electron chi connectivity index (χ4n) is 2.19. The fraction of sp³-hybridized carbons (Fsp3) is 0.118. The number of nitrogens with one attached hydrogen (secondary N) is 1. The van der Waals surface area contributed by atoms with Crippen molar-refractivity contribution in [3.63, 3.8) is 0 Å². The first-order valence-electron chi connectivity index (χ1n) is 7.10. The molecule has 0 atom stereocenters. The van der Waals surface area contributed by atoms with Gasteiger partial charge in [0.05, 0.1) is 17.5 Å². The number of hydrogen-bond donors (Lipinski definition) is 1. The van der Waals surface area contributed by atoms with Crippen molar-refractivity contribution < 1.29 is 9.32 Å². The summed E-state index contributed by atoms with van der Waals surface area (Å²) in [6.07, 6.45) is 3.31. The first-order chi connectivity index (χ1) is 11.1.